The smallest absolute Gasteiger partial charge is 0.0756 e. The highest BCUT2D eigenvalue weighted by Crippen LogP contribution is 2.23. The van der Waals surface area contributed by atoms with Gasteiger partial charge in [0, 0.05) is 24.6 Å². The Morgan fingerprint density at radius 1 is 1.40 bits per heavy atom. The zero-order valence-electron chi connectivity index (χ0n) is 5.77. The van der Waals surface area contributed by atoms with E-state index in [0.29, 0.717) is 6.42 Å². The Kier molecular flexibility index (Phi) is 2.25. The van der Waals surface area contributed by atoms with Crippen molar-refractivity contribution in [3.63, 3.8) is 0 Å². The number of aliphatic hydroxyl groups is 2. The number of hydrogen-bond acceptors (Lipinski definition) is 4. The van der Waals surface area contributed by atoms with Gasteiger partial charge in [0.15, 0.2) is 0 Å². The van der Waals surface area contributed by atoms with Gasteiger partial charge in [0.2, 0.25) is 0 Å². The van der Waals surface area contributed by atoms with E-state index in [1.807, 2.05) is 0 Å². The molecule has 1 fully saturated rings. The van der Waals surface area contributed by atoms with Crippen LogP contribution in [0.3, 0.4) is 0 Å². The first kappa shape index (κ1) is 7.94. The van der Waals surface area contributed by atoms with Gasteiger partial charge in [-0.3, -0.25) is 0 Å². The predicted molar refractivity (Wildman–Crippen MR) is 37.2 cm³/mol. The molecule has 10 heavy (non-hydrogen) atoms. The monoisotopic (exact) mass is 146 g/mol. The molecular weight excluding hydrogens is 132 g/mol. The molecule has 4 heteroatoms. The minimum Gasteiger partial charge on any atom is -0.396 e. The molecule has 0 bridgehead atoms. The average Bonchev–Trinajstić information content (AvgIpc) is 2.17. The van der Waals surface area contributed by atoms with Crippen LogP contribution < -0.4 is 11.5 Å². The van der Waals surface area contributed by atoms with Gasteiger partial charge in [-0.15, -0.1) is 0 Å². The van der Waals surface area contributed by atoms with Crippen LogP contribution in [0.15, 0.2) is 0 Å². The van der Waals surface area contributed by atoms with Crippen molar-refractivity contribution in [1.29, 1.82) is 0 Å². The quantitative estimate of drug-likeness (QED) is 0.345. The van der Waals surface area contributed by atoms with Crippen LogP contribution in [0.4, 0.5) is 0 Å². The maximum atomic E-state index is 9.26. The first-order chi connectivity index (χ1) is 4.66. The molecule has 0 aromatic carbocycles. The van der Waals surface area contributed by atoms with Gasteiger partial charge < -0.3 is 21.7 Å². The van der Waals surface area contributed by atoms with E-state index in [1.165, 1.54) is 0 Å². The van der Waals surface area contributed by atoms with Crippen LogP contribution in [-0.4, -0.2) is 35.0 Å². The Labute approximate surface area is 59.8 Å². The van der Waals surface area contributed by atoms with Crippen molar-refractivity contribution in [3.05, 3.63) is 0 Å². The summed E-state index contributed by atoms with van der Waals surface area (Å²) < 4.78 is 0. The Balaban J connectivity index is 2.53. The molecule has 0 heterocycles. The van der Waals surface area contributed by atoms with Crippen LogP contribution in [0.5, 0.6) is 0 Å². The molecule has 0 saturated heterocycles. The normalized spacial score (nSPS) is 48.0. The van der Waals surface area contributed by atoms with Crippen LogP contribution in [0.1, 0.15) is 6.42 Å². The Hall–Kier alpha value is -0.160. The van der Waals surface area contributed by atoms with Gasteiger partial charge in [-0.05, 0) is 6.42 Å². The number of aliphatic hydroxyl groups excluding tert-OH is 2. The second kappa shape index (κ2) is 2.84. The largest absolute Gasteiger partial charge is 0.396 e. The van der Waals surface area contributed by atoms with Gasteiger partial charge in [0.05, 0.1) is 6.10 Å². The lowest BCUT2D eigenvalue weighted by Gasteiger charge is -2.14. The van der Waals surface area contributed by atoms with E-state index in [0.717, 1.165) is 0 Å². The van der Waals surface area contributed by atoms with Crippen LogP contribution in [0, 0.1) is 5.92 Å². The summed E-state index contributed by atoms with van der Waals surface area (Å²) >= 11 is 0. The van der Waals surface area contributed by atoms with E-state index in [2.05, 4.69) is 0 Å². The van der Waals surface area contributed by atoms with E-state index in [4.69, 9.17) is 16.6 Å². The van der Waals surface area contributed by atoms with E-state index < -0.39 is 6.10 Å². The van der Waals surface area contributed by atoms with Gasteiger partial charge in [-0.25, -0.2) is 0 Å². The summed E-state index contributed by atoms with van der Waals surface area (Å²) in [6, 6.07) is -0.524. The van der Waals surface area contributed by atoms with E-state index in [9.17, 15) is 5.11 Å². The van der Waals surface area contributed by atoms with Gasteiger partial charge >= 0.3 is 0 Å². The highest BCUT2D eigenvalue weighted by Gasteiger charge is 2.37. The van der Waals surface area contributed by atoms with Crippen molar-refractivity contribution >= 4 is 0 Å². The molecule has 1 aliphatic carbocycles. The van der Waals surface area contributed by atoms with Crippen molar-refractivity contribution in [2.75, 3.05) is 6.61 Å². The average molecular weight is 146 g/mol. The zero-order chi connectivity index (χ0) is 7.72. The first-order valence-corrected chi connectivity index (χ1v) is 3.47. The number of nitrogens with two attached hydrogens (primary N) is 2. The predicted octanol–water partition coefficient (Wildman–Crippen LogP) is -1.99. The first-order valence-electron chi connectivity index (χ1n) is 3.47. The second-order valence-electron chi connectivity index (χ2n) is 2.91. The third-order valence-electron chi connectivity index (χ3n) is 2.18. The molecule has 0 radical (unpaired) electrons. The minimum absolute atomic E-state index is 0.0252. The van der Waals surface area contributed by atoms with Crippen molar-refractivity contribution in [2.45, 2.75) is 24.6 Å². The summed E-state index contributed by atoms with van der Waals surface area (Å²) in [5.41, 5.74) is 11.0. The topological polar surface area (TPSA) is 92.5 Å². The van der Waals surface area contributed by atoms with Crippen LogP contribution in [-0.2, 0) is 0 Å². The van der Waals surface area contributed by atoms with Crippen LogP contribution in [0.2, 0.25) is 0 Å². The maximum absolute atomic E-state index is 9.26. The summed E-state index contributed by atoms with van der Waals surface area (Å²) in [4.78, 5) is 0. The third-order valence-corrected chi connectivity index (χ3v) is 2.18. The fourth-order valence-corrected chi connectivity index (χ4v) is 1.40. The molecule has 1 saturated carbocycles. The summed E-state index contributed by atoms with van der Waals surface area (Å²) in [5.74, 6) is -0.120. The van der Waals surface area contributed by atoms with Crippen molar-refractivity contribution in [3.8, 4) is 0 Å². The molecule has 0 aliphatic heterocycles. The van der Waals surface area contributed by atoms with Gasteiger partial charge in [0.25, 0.3) is 0 Å². The molecule has 1 rings (SSSR count). The van der Waals surface area contributed by atoms with E-state index in [1.54, 1.807) is 0 Å². The molecule has 4 nitrogen and oxygen atoms in total. The molecule has 1 aliphatic rings. The fraction of sp³-hybridized carbons (Fsp3) is 1.00. The second-order valence-corrected chi connectivity index (χ2v) is 2.91. The Bertz CT molecular complexity index is 120. The lowest BCUT2D eigenvalue weighted by molar-refractivity contribution is 0.0807. The molecule has 0 amide bonds. The van der Waals surface area contributed by atoms with Crippen molar-refractivity contribution in [2.24, 2.45) is 17.4 Å². The number of rotatable bonds is 1. The van der Waals surface area contributed by atoms with Crippen LogP contribution in [0.25, 0.3) is 0 Å². The van der Waals surface area contributed by atoms with Crippen LogP contribution >= 0.6 is 0 Å². The van der Waals surface area contributed by atoms with Gasteiger partial charge in [-0.2, -0.15) is 0 Å². The molecule has 4 atom stereocenters. The molecular formula is C6H14N2O2. The highest BCUT2D eigenvalue weighted by molar-refractivity contribution is 4.95. The Morgan fingerprint density at radius 3 is 2.20 bits per heavy atom. The van der Waals surface area contributed by atoms with E-state index >= 15 is 0 Å². The van der Waals surface area contributed by atoms with Crippen molar-refractivity contribution in [1.82, 2.24) is 0 Å². The van der Waals surface area contributed by atoms with E-state index in [-0.39, 0.29) is 24.6 Å². The molecule has 0 spiro atoms. The fourth-order valence-electron chi connectivity index (χ4n) is 1.40. The van der Waals surface area contributed by atoms with Gasteiger partial charge in [0.1, 0.15) is 0 Å². The van der Waals surface area contributed by atoms with Crippen molar-refractivity contribution < 1.29 is 10.2 Å². The van der Waals surface area contributed by atoms with Gasteiger partial charge in [-0.1, -0.05) is 0 Å². The summed E-state index contributed by atoms with van der Waals surface area (Å²) in [6.45, 7) is -0.0252. The zero-order valence-corrected chi connectivity index (χ0v) is 5.77. The lowest BCUT2D eigenvalue weighted by Crippen LogP contribution is -2.43. The highest BCUT2D eigenvalue weighted by atomic mass is 16.3. The Morgan fingerprint density at radius 2 is 2.00 bits per heavy atom. The maximum Gasteiger partial charge on any atom is 0.0756 e. The number of hydrogen-bond donors (Lipinski definition) is 4. The molecule has 6 N–H and O–H groups in total. The molecule has 0 aromatic heterocycles. The standard InChI is InChI=1S/C6H14N2O2/c7-4-1-3(2-9)6(10)5(4)8/h3-6,9-10H,1-2,7-8H2/t3-,4?,5+,6-/m1/s1. The summed E-state index contributed by atoms with van der Waals surface area (Å²) in [5, 5.41) is 18.0. The summed E-state index contributed by atoms with van der Waals surface area (Å²) in [6.07, 6.45) is -0.00116. The minimum atomic E-state index is -0.625. The SMILES string of the molecule is NC1C[C@H](CO)[C@@H](O)[C@H]1N. The molecule has 60 valence electrons. The molecule has 0 aromatic rings. The lowest BCUT2D eigenvalue weighted by atomic mass is 10.1. The third kappa shape index (κ3) is 1.15. The molecule has 1 unspecified atom stereocenters. The summed E-state index contributed by atoms with van der Waals surface area (Å²) in [7, 11) is 0.